The molecule has 1 aliphatic rings. The molecule has 3 N–H and O–H groups in total. The number of hydrogen-bond acceptors (Lipinski definition) is 4. The fourth-order valence-corrected chi connectivity index (χ4v) is 2.47. The SMILES string of the molecule is CC(NC(=O)CCOC1CCNCC1)c1cccc(O)c1. The molecule has 1 aromatic carbocycles. The molecule has 1 saturated heterocycles. The molecule has 21 heavy (non-hydrogen) atoms. The van der Waals surface area contributed by atoms with Gasteiger partial charge in [0.2, 0.25) is 5.91 Å². The smallest absolute Gasteiger partial charge is 0.222 e. The number of amides is 1. The van der Waals surface area contributed by atoms with Crippen LogP contribution in [-0.4, -0.2) is 36.8 Å². The van der Waals surface area contributed by atoms with E-state index in [-0.39, 0.29) is 23.8 Å². The maximum Gasteiger partial charge on any atom is 0.222 e. The molecule has 0 radical (unpaired) electrons. The van der Waals surface area contributed by atoms with E-state index in [4.69, 9.17) is 4.74 Å². The van der Waals surface area contributed by atoms with E-state index >= 15 is 0 Å². The van der Waals surface area contributed by atoms with Gasteiger partial charge in [-0.25, -0.2) is 0 Å². The zero-order valence-corrected chi connectivity index (χ0v) is 12.5. The first-order valence-electron chi connectivity index (χ1n) is 7.56. The molecule has 116 valence electrons. The third kappa shape index (κ3) is 5.36. The number of nitrogens with one attached hydrogen (secondary N) is 2. The lowest BCUT2D eigenvalue weighted by Gasteiger charge is -2.23. The van der Waals surface area contributed by atoms with Gasteiger partial charge in [0.05, 0.1) is 18.8 Å². The first-order chi connectivity index (χ1) is 10.1. The van der Waals surface area contributed by atoms with Crippen LogP contribution in [0.3, 0.4) is 0 Å². The Morgan fingerprint density at radius 2 is 2.24 bits per heavy atom. The monoisotopic (exact) mass is 292 g/mol. The van der Waals surface area contributed by atoms with E-state index in [1.807, 2.05) is 13.0 Å². The van der Waals surface area contributed by atoms with Crippen molar-refractivity contribution in [2.24, 2.45) is 0 Å². The van der Waals surface area contributed by atoms with Crippen LogP contribution in [-0.2, 0) is 9.53 Å². The molecule has 0 bridgehead atoms. The van der Waals surface area contributed by atoms with E-state index in [2.05, 4.69) is 10.6 Å². The first-order valence-corrected chi connectivity index (χ1v) is 7.56. The van der Waals surface area contributed by atoms with Crippen LogP contribution in [0.15, 0.2) is 24.3 Å². The summed E-state index contributed by atoms with van der Waals surface area (Å²) < 4.78 is 5.72. The van der Waals surface area contributed by atoms with Gasteiger partial charge in [0, 0.05) is 6.42 Å². The van der Waals surface area contributed by atoms with Crippen LogP contribution in [0.4, 0.5) is 0 Å². The molecule has 0 saturated carbocycles. The van der Waals surface area contributed by atoms with Crippen LogP contribution in [0.5, 0.6) is 5.75 Å². The normalized spacial score (nSPS) is 17.4. The van der Waals surface area contributed by atoms with Crippen molar-refractivity contribution < 1.29 is 14.6 Å². The van der Waals surface area contributed by atoms with Crippen molar-refractivity contribution in [1.82, 2.24) is 10.6 Å². The highest BCUT2D eigenvalue weighted by molar-refractivity contribution is 5.76. The number of rotatable bonds is 6. The number of carbonyl (C=O) groups excluding carboxylic acids is 1. The van der Waals surface area contributed by atoms with Gasteiger partial charge in [-0.1, -0.05) is 12.1 Å². The predicted molar refractivity (Wildman–Crippen MR) is 81.1 cm³/mol. The molecular formula is C16H24N2O3. The number of hydrogen-bond donors (Lipinski definition) is 3. The molecule has 1 amide bonds. The van der Waals surface area contributed by atoms with Gasteiger partial charge in [0.15, 0.2) is 0 Å². The topological polar surface area (TPSA) is 70.6 Å². The van der Waals surface area contributed by atoms with E-state index in [1.54, 1.807) is 18.2 Å². The molecule has 1 heterocycles. The minimum Gasteiger partial charge on any atom is -0.508 e. The summed E-state index contributed by atoms with van der Waals surface area (Å²) in [7, 11) is 0. The Kier molecular flexibility index (Phi) is 6.02. The lowest BCUT2D eigenvalue weighted by molar-refractivity contribution is -0.123. The molecule has 0 aliphatic carbocycles. The Morgan fingerprint density at radius 1 is 1.48 bits per heavy atom. The van der Waals surface area contributed by atoms with Crippen LogP contribution in [0.25, 0.3) is 0 Å². The summed E-state index contributed by atoms with van der Waals surface area (Å²) in [4.78, 5) is 11.9. The first kappa shape index (κ1) is 15.8. The molecule has 2 rings (SSSR count). The Morgan fingerprint density at radius 3 is 2.95 bits per heavy atom. The molecule has 1 atom stereocenters. The summed E-state index contributed by atoms with van der Waals surface area (Å²) in [6.45, 7) is 4.35. The maximum absolute atomic E-state index is 11.9. The summed E-state index contributed by atoms with van der Waals surface area (Å²) in [5, 5.41) is 15.6. The zero-order chi connectivity index (χ0) is 15.1. The van der Waals surface area contributed by atoms with Crippen LogP contribution in [0.1, 0.15) is 37.8 Å². The van der Waals surface area contributed by atoms with Gasteiger partial charge in [-0.2, -0.15) is 0 Å². The van der Waals surface area contributed by atoms with Gasteiger partial charge >= 0.3 is 0 Å². The second-order valence-corrected chi connectivity index (χ2v) is 5.45. The van der Waals surface area contributed by atoms with Crippen molar-refractivity contribution >= 4 is 5.91 Å². The highest BCUT2D eigenvalue weighted by Gasteiger charge is 2.14. The maximum atomic E-state index is 11.9. The van der Waals surface area contributed by atoms with Gasteiger partial charge in [0.25, 0.3) is 0 Å². The number of ether oxygens (including phenoxy) is 1. The number of benzene rings is 1. The minimum atomic E-state index is -0.122. The predicted octanol–water partition coefficient (Wildman–Crippen LogP) is 1.73. The number of aromatic hydroxyl groups is 1. The van der Waals surface area contributed by atoms with Gasteiger partial charge in [-0.3, -0.25) is 4.79 Å². The average Bonchev–Trinajstić information content (AvgIpc) is 2.48. The fourth-order valence-electron chi connectivity index (χ4n) is 2.47. The second kappa shape index (κ2) is 8.00. The van der Waals surface area contributed by atoms with E-state index in [9.17, 15) is 9.90 Å². The Labute approximate surface area is 125 Å². The summed E-state index contributed by atoms with van der Waals surface area (Å²) in [6, 6.07) is 6.81. The molecule has 5 nitrogen and oxygen atoms in total. The van der Waals surface area contributed by atoms with Crippen molar-refractivity contribution in [3.05, 3.63) is 29.8 Å². The number of phenols is 1. The average molecular weight is 292 g/mol. The van der Waals surface area contributed by atoms with Crippen molar-refractivity contribution in [2.45, 2.75) is 38.3 Å². The summed E-state index contributed by atoms with van der Waals surface area (Å²) in [5.41, 5.74) is 0.891. The van der Waals surface area contributed by atoms with Crippen LogP contribution in [0, 0.1) is 0 Å². The summed E-state index contributed by atoms with van der Waals surface area (Å²) >= 11 is 0. The number of carbonyl (C=O) groups is 1. The van der Waals surface area contributed by atoms with Crippen molar-refractivity contribution in [3.63, 3.8) is 0 Å². The zero-order valence-electron chi connectivity index (χ0n) is 12.5. The van der Waals surface area contributed by atoms with Gasteiger partial charge in [-0.05, 0) is 50.6 Å². The molecule has 1 aromatic rings. The van der Waals surface area contributed by atoms with Gasteiger partial charge in [-0.15, -0.1) is 0 Å². The molecule has 1 unspecified atom stereocenters. The Balaban J connectivity index is 1.69. The van der Waals surface area contributed by atoms with Crippen LogP contribution in [0.2, 0.25) is 0 Å². The highest BCUT2D eigenvalue weighted by Crippen LogP contribution is 2.17. The van der Waals surface area contributed by atoms with E-state index in [0.717, 1.165) is 31.5 Å². The van der Waals surface area contributed by atoms with Crippen molar-refractivity contribution in [2.75, 3.05) is 19.7 Å². The van der Waals surface area contributed by atoms with E-state index in [1.165, 1.54) is 0 Å². The molecular weight excluding hydrogens is 268 g/mol. The summed E-state index contributed by atoms with van der Waals surface area (Å²) in [5.74, 6) is 0.183. The number of piperidine rings is 1. The largest absolute Gasteiger partial charge is 0.508 e. The molecule has 1 fully saturated rings. The fraction of sp³-hybridized carbons (Fsp3) is 0.562. The van der Waals surface area contributed by atoms with Crippen LogP contribution < -0.4 is 10.6 Å². The lowest BCUT2D eigenvalue weighted by atomic mass is 10.1. The molecule has 0 aromatic heterocycles. The highest BCUT2D eigenvalue weighted by atomic mass is 16.5. The van der Waals surface area contributed by atoms with Crippen molar-refractivity contribution in [1.29, 1.82) is 0 Å². The Hall–Kier alpha value is -1.59. The second-order valence-electron chi connectivity index (χ2n) is 5.45. The minimum absolute atomic E-state index is 0.0280. The quantitative estimate of drug-likeness (QED) is 0.747. The van der Waals surface area contributed by atoms with Gasteiger partial charge in [0.1, 0.15) is 5.75 Å². The summed E-state index contributed by atoms with van der Waals surface area (Å²) in [6.07, 6.45) is 2.68. The van der Waals surface area contributed by atoms with E-state index in [0.29, 0.717) is 13.0 Å². The van der Waals surface area contributed by atoms with E-state index < -0.39 is 0 Å². The Bertz CT molecular complexity index is 459. The number of phenolic OH excluding ortho intramolecular Hbond substituents is 1. The third-order valence-electron chi connectivity index (χ3n) is 3.72. The lowest BCUT2D eigenvalue weighted by Crippen LogP contribution is -2.33. The van der Waals surface area contributed by atoms with Gasteiger partial charge < -0.3 is 20.5 Å². The molecule has 5 heteroatoms. The molecule has 0 spiro atoms. The van der Waals surface area contributed by atoms with Crippen molar-refractivity contribution in [3.8, 4) is 5.75 Å². The standard InChI is InChI=1S/C16H24N2O3/c1-12(13-3-2-4-14(19)11-13)18-16(20)7-10-21-15-5-8-17-9-6-15/h2-4,11-12,15,17,19H,5-10H2,1H3,(H,18,20). The van der Waals surface area contributed by atoms with Crippen LogP contribution >= 0.6 is 0 Å². The molecule has 1 aliphatic heterocycles. The third-order valence-corrected chi connectivity index (χ3v) is 3.72.